The van der Waals surface area contributed by atoms with Gasteiger partial charge in [-0.15, -0.1) is 0 Å². The van der Waals surface area contributed by atoms with E-state index in [1.54, 1.807) is 12.1 Å². The second kappa shape index (κ2) is 2.82. The molecule has 1 fully saturated rings. The number of sulfonamides is 1. The fraction of sp³-hybridized carbons (Fsp3) is 0.333. The van der Waals surface area contributed by atoms with Crippen LogP contribution < -0.4 is 5.14 Å². The van der Waals surface area contributed by atoms with Gasteiger partial charge in [0.2, 0.25) is 10.0 Å². The Labute approximate surface area is 77.6 Å². The summed E-state index contributed by atoms with van der Waals surface area (Å²) >= 11 is 0. The maximum Gasteiger partial charge on any atom is 0.238 e. The van der Waals surface area contributed by atoms with Gasteiger partial charge in [0.15, 0.2) is 0 Å². The molecule has 1 aliphatic carbocycles. The Balaban J connectivity index is 2.55. The molecule has 1 aromatic rings. The smallest absolute Gasteiger partial charge is 0.225 e. The van der Waals surface area contributed by atoms with Crippen molar-refractivity contribution < 1.29 is 8.42 Å². The molecule has 0 aromatic heterocycles. The molecule has 2 rings (SSSR count). The van der Waals surface area contributed by atoms with E-state index in [0.717, 1.165) is 18.4 Å². The van der Waals surface area contributed by atoms with Crippen LogP contribution in [0.3, 0.4) is 0 Å². The minimum atomic E-state index is -3.54. The van der Waals surface area contributed by atoms with E-state index < -0.39 is 10.0 Å². The molecule has 1 aromatic carbocycles. The van der Waals surface area contributed by atoms with Gasteiger partial charge in [-0.3, -0.25) is 0 Å². The molecule has 4 heteroatoms. The topological polar surface area (TPSA) is 60.2 Å². The first-order valence-electron chi connectivity index (χ1n) is 4.21. The van der Waals surface area contributed by atoms with Gasteiger partial charge in [0, 0.05) is 0 Å². The third-order valence-corrected chi connectivity index (χ3v) is 3.23. The Kier molecular flexibility index (Phi) is 1.89. The fourth-order valence-corrected chi connectivity index (χ4v) is 2.30. The van der Waals surface area contributed by atoms with Gasteiger partial charge in [-0.05, 0) is 30.4 Å². The van der Waals surface area contributed by atoms with Crippen LogP contribution in [0.25, 0.3) is 0 Å². The van der Waals surface area contributed by atoms with Crippen LogP contribution in [-0.4, -0.2) is 8.42 Å². The fourth-order valence-electron chi connectivity index (χ4n) is 1.47. The van der Waals surface area contributed by atoms with Gasteiger partial charge >= 0.3 is 0 Å². The monoisotopic (exact) mass is 197 g/mol. The molecule has 0 bridgehead atoms. The van der Waals surface area contributed by atoms with E-state index in [2.05, 4.69) is 0 Å². The molecule has 0 amide bonds. The number of rotatable bonds is 2. The first kappa shape index (κ1) is 8.72. The van der Waals surface area contributed by atoms with Gasteiger partial charge in [0.1, 0.15) is 0 Å². The second-order valence-corrected chi connectivity index (χ2v) is 4.89. The zero-order chi connectivity index (χ0) is 9.47. The summed E-state index contributed by atoms with van der Waals surface area (Å²) in [5.41, 5.74) is 0.880. The maximum absolute atomic E-state index is 11.2. The zero-order valence-electron chi connectivity index (χ0n) is 7.10. The molecule has 0 heterocycles. The third-order valence-electron chi connectivity index (χ3n) is 2.24. The van der Waals surface area contributed by atoms with Crippen molar-refractivity contribution in [2.45, 2.75) is 23.7 Å². The lowest BCUT2D eigenvalue weighted by molar-refractivity contribution is 0.596. The standard InChI is InChI=1S/C9H11NO2S/c10-13(11,12)9-4-2-1-3-8(9)7-5-6-7/h1-4,7H,5-6H2,(H2,10,11,12). The SMILES string of the molecule is NS(=O)(=O)c1ccccc1C1CC1. The van der Waals surface area contributed by atoms with Crippen molar-refractivity contribution in [2.75, 3.05) is 0 Å². The number of nitrogens with two attached hydrogens (primary N) is 1. The zero-order valence-corrected chi connectivity index (χ0v) is 7.92. The third kappa shape index (κ3) is 1.73. The highest BCUT2D eigenvalue weighted by Crippen LogP contribution is 2.42. The van der Waals surface area contributed by atoms with Crippen molar-refractivity contribution in [1.82, 2.24) is 0 Å². The van der Waals surface area contributed by atoms with Gasteiger partial charge in [-0.25, -0.2) is 13.6 Å². The van der Waals surface area contributed by atoms with Crippen molar-refractivity contribution in [2.24, 2.45) is 5.14 Å². The molecular formula is C9H11NO2S. The molecule has 1 saturated carbocycles. The van der Waals surface area contributed by atoms with Crippen LogP contribution in [0.5, 0.6) is 0 Å². The highest BCUT2D eigenvalue weighted by molar-refractivity contribution is 7.89. The van der Waals surface area contributed by atoms with E-state index in [0.29, 0.717) is 5.92 Å². The normalized spacial score (nSPS) is 17.3. The quantitative estimate of drug-likeness (QED) is 0.774. The number of primary sulfonamides is 1. The first-order valence-corrected chi connectivity index (χ1v) is 5.75. The Morgan fingerprint density at radius 2 is 1.85 bits per heavy atom. The van der Waals surface area contributed by atoms with Crippen LogP contribution in [0.1, 0.15) is 24.3 Å². The Bertz CT molecular complexity index is 421. The van der Waals surface area contributed by atoms with Crippen molar-refractivity contribution >= 4 is 10.0 Å². The number of hydrogen-bond acceptors (Lipinski definition) is 2. The summed E-state index contributed by atoms with van der Waals surface area (Å²) in [5.74, 6) is 0.412. The van der Waals surface area contributed by atoms with Gasteiger partial charge in [-0.2, -0.15) is 0 Å². The van der Waals surface area contributed by atoms with Gasteiger partial charge in [0.05, 0.1) is 4.90 Å². The van der Waals surface area contributed by atoms with Gasteiger partial charge in [-0.1, -0.05) is 18.2 Å². The Morgan fingerprint density at radius 1 is 1.23 bits per heavy atom. The average Bonchev–Trinajstić information content (AvgIpc) is 2.85. The minimum Gasteiger partial charge on any atom is -0.225 e. The van der Waals surface area contributed by atoms with E-state index in [-0.39, 0.29) is 4.90 Å². The first-order chi connectivity index (χ1) is 6.09. The summed E-state index contributed by atoms with van der Waals surface area (Å²) < 4.78 is 22.3. The summed E-state index contributed by atoms with van der Waals surface area (Å²) in [6, 6.07) is 6.97. The molecule has 0 spiro atoms. The van der Waals surface area contributed by atoms with Crippen molar-refractivity contribution in [3.8, 4) is 0 Å². The lowest BCUT2D eigenvalue weighted by Gasteiger charge is -2.04. The summed E-state index contributed by atoms with van der Waals surface area (Å²) in [4.78, 5) is 0.289. The van der Waals surface area contributed by atoms with E-state index >= 15 is 0 Å². The summed E-state index contributed by atoms with van der Waals surface area (Å²) in [6.07, 6.45) is 2.15. The molecule has 70 valence electrons. The minimum absolute atomic E-state index is 0.289. The van der Waals surface area contributed by atoms with Crippen LogP contribution in [0.2, 0.25) is 0 Å². The van der Waals surface area contributed by atoms with Crippen molar-refractivity contribution in [3.05, 3.63) is 29.8 Å². The highest BCUT2D eigenvalue weighted by atomic mass is 32.2. The van der Waals surface area contributed by atoms with E-state index in [1.165, 1.54) is 0 Å². The summed E-state index contributed by atoms with van der Waals surface area (Å²) in [5, 5.41) is 5.10. The molecule has 0 aliphatic heterocycles. The lowest BCUT2D eigenvalue weighted by Crippen LogP contribution is -2.14. The summed E-state index contributed by atoms with van der Waals surface area (Å²) in [6.45, 7) is 0. The Morgan fingerprint density at radius 3 is 2.38 bits per heavy atom. The Hall–Kier alpha value is -0.870. The lowest BCUT2D eigenvalue weighted by atomic mass is 10.1. The molecule has 0 saturated heterocycles. The van der Waals surface area contributed by atoms with E-state index in [9.17, 15) is 8.42 Å². The molecule has 1 aliphatic rings. The van der Waals surface area contributed by atoms with E-state index in [4.69, 9.17) is 5.14 Å². The molecular weight excluding hydrogens is 186 g/mol. The predicted octanol–water partition coefficient (Wildman–Crippen LogP) is 1.21. The van der Waals surface area contributed by atoms with Crippen molar-refractivity contribution in [1.29, 1.82) is 0 Å². The maximum atomic E-state index is 11.2. The molecule has 2 N–H and O–H groups in total. The highest BCUT2D eigenvalue weighted by Gasteiger charge is 2.28. The van der Waals surface area contributed by atoms with Crippen LogP contribution in [0, 0.1) is 0 Å². The molecule has 3 nitrogen and oxygen atoms in total. The second-order valence-electron chi connectivity index (χ2n) is 3.36. The molecule has 0 atom stereocenters. The van der Waals surface area contributed by atoms with E-state index in [1.807, 2.05) is 12.1 Å². The largest absolute Gasteiger partial charge is 0.238 e. The van der Waals surface area contributed by atoms with Crippen LogP contribution in [0.4, 0.5) is 0 Å². The average molecular weight is 197 g/mol. The number of hydrogen-bond donors (Lipinski definition) is 1. The number of benzene rings is 1. The van der Waals surface area contributed by atoms with Crippen LogP contribution in [-0.2, 0) is 10.0 Å². The molecule has 13 heavy (non-hydrogen) atoms. The van der Waals surface area contributed by atoms with Crippen LogP contribution in [0.15, 0.2) is 29.2 Å². The van der Waals surface area contributed by atoms with Crippen molar-refractivity contribution in [3.63, 3.8) is 0 Å². The van der Waals surface area contributed by atoms with Gasteiger partial charge in [0.25, 0.3) is 0 Å². The molecule has 0 radical (unpaired) electrons. The predicted molar refractivity (Wildman–Crippen MR) is 49.8 cm³/mol. The van der Waals surface area contributed by atoms with Crippen LogP contribution >= 0.6 is 0 Å². The molecule has 0 unspecified atom stereocenters. The van der Waals surface area contributed by atoms with Gasteiger partial charge < -0.3 is 0 Å². The summed E-state index contributed by atoms with van der Waals surface area (Å²) in [7, 11) is -3.54.